The first kappa shape index (κ1) is 22.6. The van der Waals surface area contributed by atoms with E-state index < -0.39 is 40.3 Å². The van der Waals surface area contributed by atoms with Crippen molar-refractivity contribution in [3.8, 4) is 0 Å². The first-order chi connectivity index (χ1) is 12.6. The van der Waals surface area contributed by atoms with E-state index in [4.69, 9.17) is 4.74 Å². The van der Waals surface area contributed by atoms with E-state index in [0.717, 1.165) is 6.26 Å². The minimum absolute atomic E-state index is 0.149. The van der Waals surface area contributed by atoms with Crippen molar-refractivity contribution in [2.24, 2.45) is 5.92 Å². The van der Waals surface area contributed by atoms with Gasteiger partial charge in [-0.1, -0.05) is 32.0 Å². The summed E-state index contributed by atoms with van der Waals surface area (Å²) in [5.41, 5.74) is 0.323. The Hall–Kier alpha value is -2.42. The van der Waals surface area contributed by atoms with Crippen LogP contribution in [0.1, 0.15) is 30.6 Å². The van der Waals surface area contributed by atoms with Crippen LogP contribution in [0.15, 0.2) is 30.3 Å². The van der Waals surface area contributed by atoms with Crippen LogP contribution < -0.4 is 10.6 Å². The predicted molar refractivity (Wildman–Crippen MR) is 101 cm³/mol. The summed E-state index contributed by atoms with van der Waals surface area (Å²) >= 11 is 0. The number of nitrogens with one attached hydrogen (secondary N) is 2. The number of hydrogen-bond acceptors (Lipinski definition) is 6. The van der Waals surface area contributed by atoms with Crippen LogP contribution in [-0.4, -0.2) is 57.4 Å². The summed E-state index contributed by atoms with van der Waals surface area (Å²) in [6.07, 6.45) is 0.887. The fraction of sp³-hybridized carbons (Fsp3) is 0.500. The molecule has 0 aliphatic heterocycles. The zero-order chi connectivity index (χ0) is 20.4. The highest BCUT2D eigenvalue weighted by Gasteiger charge is 2.25. The molecule has 1 atom stereocenters. The molecule has 0 aliphatic carbocycles. The lowest BCUT2D eigenvalue weighted by Gasteiger charge is -2.17. The van der Waals surface area contributed by atoms with Gasteiger partial charge in [0.15, 0.2) is 6.61 Å². The van der Waals surface area contributed by atoms with Crippen molar-refractivity contribution in [2.75, 3.05) is 25.2 Å². The van der Waals surface area contributed by atoms with Crippen LogP contribution in [0.4, 0.5) is 0 Å². The number of hydrogen-bond donors (Lipinski definition) is 2. The molecule has 0 aromatic heterocycles. The zero-order valence-electron chi connectivity index (χ0n) is 15.7. The van der Waals surface area contributed by atoms with Gasteiger partial charge in [0.05, 0.1) is 5.75 Å². The van der Waals surface area contributed by atoms with Crippen LogP contribution in [0.25, 0.3) is 0 Å². The van der Waals surface area contributed by atoms with E-state index in [2.05, 4.69) is 10.6 Å². The minimum atomic E-state index is -3.34. The van der Waals surface area contributed by atoms with Gasteiger partial charge in [0, 0.05) is 18.4 Å². The Labute approximate surface area is 159 Å². The Kier molecular flexibility index (Phi) is 8.93. The molecule has 2 amide bonds. The van der Waals surface area contributed by atoms with Gasteiger partial charge in [-0.25, -0.2) is 13.2 Å². The molecule has 8 nitrogen and oxygen atoms in total. The normalized spacial score (nSPS) is 12.3. The smallest absolute Gasteiger partial charge is 0.329 e. The highest BCUT2D eigenvalue weighted by molar-refractivity contribution is 7.90. The summed E-state index contributed by atoms with van der Waals surface area (Å²) in [6, 6.07) is 7.02. The molecule has 1 aromatic carbocycles. The van der Waals surface area contributed by atoms with Crippen molar-refractivity contribution in [3.63, 3.8) is 0 Å². The number of benzene rings is 1. The molecule has 0 aliphatic rings. The van der Waals surface area contributed by atoms with Crippen LogP contribution >= 0.6 is 0 Å². The molecular weight excluding hydrogens is 372 g/mol. The molecule has 0 bridgehead atoms. The zero-order valence-corrected chi connectivity index (χ0v) is 16.5. The lowest BCUT2D eigenvalue weighted by molar-refractivity contribution is -0.150. The Morgan fingerprint density at radius 1 is 1.11 bits per heavy atom. The van der Waals surface area contributed by atoms with Crippen molar-refractivity contribution in [2.45, 2.75) is 26.3 Å². The van der Waals surface area contributed by atoms with E-state index in [-0.39, 0.29) is 18.1 Å². The molecule has 0 spiro atoms. The average Bonchev–Trinajstić information content (AvgIpc) is 2.61. The van der Waals surface area contributed by atoms with Gasteiger partial charge in [0.25, 0.3) is 11.8 Å². The number of carbonyl (C=O) groups is 3. The average molecular weight is 398 g/mol. The number of carbonyl (C=O) groups excluding carboxylic acids is 3. The van der Waals surface area contributed by atoms with E-state index in [1.165, 1.54) is 0 Å². The second kappa shape index (κ2) is 10.7. The second-order valence-corrected chi connectivity index (χ2v) is 8.88. The number of esters is 1. The maximum atomic E-state index is 12.3. The molecule has 0 saturated carbocycles. The SMILES string of the molecule is CC(C)CNC(=O)COC(=O)[C@H](CCS(C)(=O)=O)NC(=O)c1ccccc1. The topological polar surface area (TPSA) is 119 Å². The van der Waals surface area contributed by atoms with E-state index in [9.17, 15) is 22.8 Å². The maximum absolute atomic E-state index is 12.3. The molecule has 1 aromatic rings. The Balaban J connectivity index is 2.70. The molecule has 1 rings (SSSR count). The van der Waals surface area contributed by atoms with E-state index in [1.807, 2.05) is 13.8 Å². The third-order valence-corrected chi connectivity index (χ3v) is 4.43. The molecule has 0 saturated heterocycles. The summed E-state index contributed by atoms with van der Waals surface area (Å²) < 4.78 is 27.7. The summed E-state index contributed by atoms with van der Waals surface area (Å²) in [5.74, 6) is -1.91. The first-order valence-electron chi connectivity index (χ1n) is 8.55. The number of ether oxygens (including phenoxy) is 1. The summed E-state index contributed by atoms with van der Waals surface area (Å²) in [5, 5.41) is 5.07. The molecule has 150 valence electrons. The van der Waals surface area contributed by atoms with Crippen LogP contribution in [0.5, 0.6) is 0 Å². The molecule has 0 fully saturated rings. The minimum Gasteiger partial charge on any atom is -0.454 e. The van der Waals surface area contributed by atoms with Gasteiger partial charge >= 0.3 is 5.97 Å². The van der Waals surface area contributed by atoms with Gasteiger partial charge in [-0.15, -0.1) is 0 Å². The van der Waals surface area contributed by atoms with E-state index >= 15 is 0 Å². The standard InChI is InChI=1S/C18H26N2O6S/c1-13(2)11-19-16(21)12-26-18(23)15(9-10-27(3,24)25)20-17(22)14-7-5-4-6-8-14/h4-8,13,15H,9-12H2,1-3H3,(H,19,21)(H,20,22)/t15-/m0/s1. The molecule has 2 N–H and O–H groups in total. The van der Waals surface area contributed by atoms with Gasteiger partial charge in [-0.3, -0.25) is 9.59 Å². The van der Waals surface area contributed by atoms with Gasteiger partial charge < -0.3 is 15.4 Å². The third kappa shape index (κ3) is 9.74. The molecule has 9 heteroatoms. The monoisotopic (exact) mass is 398 g/mol. The van der Waals surface area contributed by atoms with Crippen molar-refractivity contribution < 1.29 is 27.5 Å². The lowest BCUT2D eigenvalue weighted by Crippen LogP contribution is -2.44. The van der Waals surface area contributed by atoms with Gasteiger partial charge in [-0.2, -0.15) is 0 Å². The highest BCUT2D eigenvalue weighted by atomic mass is 32.2. The van der Waals surface area contributed by atoms with E-state index in [0.29, 0.717) is 12.1 Å². The Morgan fingerprint density at radius 2 is 1.74 bits per heavy atom. The highest BCUT2D eigenvalue weighted by Crippen LogP contribution is 2.04. The quantitative estimate of drug-likeness (QED) is 0.555. The van der Waals surface area contributed by atoms with Crippen LogP contribution in [-0.2, 0) is 24.2 Å². The largest absolute Gasteiger partial charge is 0.454 e. The van der Waals surface area contributed by atoms with Crippen LogP contribution in [0.2, 0.25) is 0 Å². The Bertz CT molecular complexity index is 746. The van der Waals surface area contributed by atoms with Crippen LogP contribution in [0.3, 0.4) is 0 Å². The van der Waals surface area contributed by atoms with Crippen molar-refractivity contribution >= 4 is 27.6 Å². The van der Waals surface area contributed by atoms with Crippen molar-refractivity contribution in [1.29, 1.82) is 0 Å². The fourth-order valence-corrected chi connectivity index (χ4v) is 2.68. The van der Waals surface area contributed by atoms with Gasteiger partial charge in [0.2, 0.25) is 0 Å². The molecule has 0 unspecified atom stereocenters. The fourth-order valence-electron chi connectivity index (χ4n) is 2.02. The van der Waals surface area contributed by atoms with Gasteiger partial charge in [-0.05, 0) is 24.5 Å². The number of rotatable bonds is 10. The molecule has 0 radical (unpaired) electrons. The van der Waals surface area contributed by atoms with Crippen LogP contribution in [0, 0.1) is 5.92 Å². The third-order valence-electron chi connectivity index (χ3n) is 3.46. The van der Waals surface area contributed by atoms with E-state index in [1.54, 1.807) is 30.3 Å². The summed E-state index contributed by atoms with van der Waals surface area (Å²) in [7, 11) is -3.34. The lowest BCUT2D eigenvalue weighted by atomic mass is 10.1. The maximum Gasteiger partial charge on any atom is 0.329 e. The second-order valence-electron chi connectivity index (χ2n) is 6.62. The first-order valence-corrected chi connectivity index (χ1v) is 10.6. The Morgan fingerprint density at radius 3 is 2.30 bits per heavy atom. The predicted octanol–water partition coefficient (Wildman–Crippen LogP) is 0.535. The number of amides is 2. The molecule has 0 heterocycles. The van der Waals surface area contributed by atoms with Crippen molar-refractivity contribution in [3.05, 3.63) is 35.9 Å². The number of sulfone groups is 1. The summed E-state index contributed by atoms with van der Waals surface area (Å²) in [6.45, 7) is 3.79. The van der Waals surface area contributed by atoms with Gasteiger partial charge in [0.1, 0.15) is 15.9 Å². The molecular formula is C18H26N2O6S. The molecule has 27 heavy (non-hydrogen) atoms. The summed E-state index contributed by atoms with van der Waals surface area (Å²) in [4.78, 5) is 36.2. The van der Waals surface area contributed by atoms with Crippen molar-refractivity contribution in [1.82, 2.24) is 10.6 Å².